The van der Waals surface area contributed by atoms with Crippen molar-refractivity contribution < 1.29 is 18.7 Å². The number of rotatable bonds is 4. The van der Waals surface area contributed by atoms with Gasteiger partial charge in [-0.05, 0) is 48.0 Å². The van der Waals surface area contributed by atoms with Crippen molar-refractivity contribution in [2.75, 3.05) is 0 Å². The van der Waals surface area contributed by atoms with Crippen LogP contribution >= 0.6 is 0 Å². The Hall–Kier alpha value is -3.26. The monoisotopic (exact) mass is 351 g/mol. The Bertz CT molecular complexity index is 883. The van der Waals surface area contributed by atoms with Gasteiger partial charge in [0.05, 0.1) is 11.1 Å². The predicted octanol–water partition coefficient (Wildman–Crippen LogP) is 4.57. The molecule has 0 heterocycles. The number of hydrogen-bond acceptors (Lipinski definition) is 4. The second-order valence-corrected chi connectivity index (χ2v) is 6.71. The highest BCUT2D eigenvalue weighted by Crippen LogP contribution is 2.22. The van der Waals surface area contributed by atoms with Crippen LogP contribution < -0.4 is 4.74 Å². The second-order valence-electron chi connectivity index (χ2n) is 6.71. The Morgan fingerprint density at radius 1 is 1.04 bits per heavy atom. The molecule has 0 atom stereocenters. The number of ether oxygens (including phenoxy) is 1. The molecule has 0 fully saturated rings. The smallest absolute Gasteiger partial charge is 0.343 e. The van der Waals surface area contributed by atoms with Gasteiger partial charge in [-0.25, -0.2) is 9.18 Å². The zero-order chi connectivity index (χ0) is 19.3. The van der Waals surface area contributed by atoms with Crippen molar-refractivity contribution in [3.05, 3.63) is 71.0 Å². The Morgan fingerprint density at radius 3 is 2.12 bits per heavy atom. The van der Waals surface area contributed by atoms with Crippen molar-refractivity contribution in [3.8, 4) is 11.8 Å². The molecule has 2 rings (SSSR count). The number of carbonyl (C=O) groups excluding carboxylic acids is 2. The minimum Gasteiger partial charge on any atom is -0.423 e. The minimum atomic E-state index is -0.647. The molecule has 0 aromatic heterocycles. The standard InChI is InChI=1S/C21H18FNO3/c1-21(2,3)19(24)16(13-23)12-14-4-10-18(11-5-14)26-20(25)15-6-8-17(22)9-7-15/h4-12H,1-3H3/b16-12+. The van der Waals surface area contributed by atoms with E-state index in [4.69, 9.17) is 4.74 Å². The zero-order valence-electron chi connectivity index (χ0n) is 14.7. The molecule has 0 aliphatic carbocycles. The number of esters is 1. The van der Waals surface area contributed by atoms with Crippen LogP contribution in [0.25, 0.3) is 6.08 Å². The van der Waals surface area contributed by atoms with Gasteiger partial charge in [0.2, 0.25) is 0 Å². The molecule has 0 bridgehead atoms. The molecule has 0 saturated heterocycles. The lowest BCUT2D eigenvalue weighted by molar-refractivity contribution is -0.121. The largest absolute Gasteiger partial charge is 0.423 e. The van der Waals surface area contributed by atoms with Crippen LogP contribution in [0.2, 0.25) is 0 Å². The SMILES string of the molecule is CC(C)(C)C(=O)/C(C#N)=C/c1ccc(OC(=O)c2ccc(F)cc2)cc1. The van der Waals surface area contributed by atoms with Crippen LogP contribution in [0.15, 0.2) is 54.1 Å². The first-order chi connectivity index (χ1) is 12.2. The van der Waals surface area contributed by atoms with Crippen molar-refractivity contribution in [3.63, 3.8) is 0 Å². The lowest BCUT2D eigenvalue weighted by Gasteiger charge is -2.15. The molecular formula is C21H18FNO3. The van der Waals surface area contributed by atoms with Gasteiger partial charge < -0.3 is 4.74 Å². The van der Waals surface area contributed by atoms with Crippen LogP contribution in [0, 0.1) is 22.6 Å². The Morgan fingerprint density at radius 2 is 1.62 bits per heavy atom. The Labute approximate surface area is 151 Å². The highest BCUT2D eigenvalue weighted by molar-refractivity contribution is 6.06. The highest BCUT2D eigenvalue weighted by Gasteiger charge is 2.24. The average molecular weight is 351 g/mol. The normalized spacial score (nSPS) is 11.6. The van der Waals surface area contributed by atoms with E-state index in [1.807, 2.05) is 6.07 Å². The van der Waals surface area contributed by atoms with Crippen LogP contribution in [0.1, 0.15) is 36.7 Å². The number of ketones is 1. The number of allylic oxidation sites excluding steroid dienone is 1. The summed E-state index contributed by atoms with van der Waals surface area (Å²) in [5.74, 6) is -0.978. The number of benzene rings is 2. The Balaban J connectivity index is 2.14. The van der Waals surface area contributed by atoms with Crippen molar-refractivity contribution >= 4 is 17.8 Å². The first-order valence-corrected chi connectivity index (χ1v) is 7.95. The van der Waals surface area contributed by atoms with Gasteiger partial charge in [0.15, 0.2) is 5.78 Å². The van der Waals surface area contributed by atoms with E-state index in [1.165, 1.54) is 30.3 Å². The number of nitriles is 1. The van der Waals surface area contributed by atoms with Gasteiger partial charge in [-0.2, -0.15) is 5.26 Å². The van der Waals surface area contributed by atoms with E-state index in [0.717, 1.165) is 0 Å². The van der Waals surface area contributed by atoms with Crippen LogP contribution in [-0.2, 0) is 4.79 Å². The van der Waals surface area contributed by atoms with Gasteiger partial charge >= 0.3 is 5.97 Å². The predicted molar refractivity (Wildman–Crippen MR) is 95.9 cm³/mol. The maximum Gasteiger partial charge on any atom is 0.343 e. The molecule has 0 spiro atoms. The topological polar surface area (TPSA) is 67.2 Å². The molecule has 0 unspecified atom stereocenters. The van der Waals surface area contributed by atoms with E-state index < -0.39 is 17.2 Å². The van der Waals surface area contributed by atoms with Crippen molar-refractivity contribution in [1.29, 1.82) is 5.26 Å². The number of halogens is 1. The highest BCUT2D eigenvalue weighted by atomic mass is 19.1. The zero-order valence-corrected chi connectivity index (χ0v) is 14.7. The molecule has 0 saturated carbocycles. The third kappa shape index (κ3) is 4.87. The molecule has 5 heteroatoms. The summed E-state index contributed by atoms with van der Waals surface area (Å²) in [7, 11) is 0. The first-order valence-electron chi connectivity index (χ1n) is 7.95. The van der Waals surface area contributed by atoms with E-state index >= 15 is 0 Å². The molecule has 26 heavy (non-hydrogen) atoms. The van der Waals surface area contributed by atoms with Gasteiger partial charge in [-0.3, -0.25) is 4.79 Å². The molecule has 0 amide bonds. The van der Waals surface area contributed by atoms with Crippen molar-refractivity contribution in [2.45, 2.75) is 20.8 Å². The summed E-state index contributed by atoms with van der Waals surface area (Å²) in [4.78, 5) is 24.2. The Kier molecular flexibility index (Phi) is 5.68. The lowest BCUT2D eigenvalue weighted by atomic mass is 9.86. The van der Waals surface area contributed by atoms with Crippen molar-refractivity contribution in [1.82, 2.24) is 0 Å². The van der Waals surface area contributed by atoms with Crippen LogP contribution in [-0.4, -0.2) is 11.8 Å². The summed E-state index contributed by atoms with van der Waals surface area (Å²) >= 11 is 0. The molecule has 0 N–H and O–H groups in total. The fourth-order valence-electron chi connectivity index (χ4n) is 2.10. The maximum absolute atomic E-state index is 12.9. The third-order valence-corrected chi connectivity index (χ3v) is 3.53. The molecule has 0 aliphatic rings. The molecule has 132 valence electrons. The lowest BCUT2D eigenvalue weighted by Crippen LogP contribution is -2.21. The molecular weight excluding hydrogens is 333 g/mol. The third-order valence-electron chi connectivity index (χ3n) is 3.53. The van der Waals surface area contributed by atoms with Crippen LogP contribution in [0.4, 0.5) is 4.39 Å². The van der Waals surface area contributed by atoms with Crippen LogP contribution in [0.5, 0.6) is 5.75 Å². The quantitative estimate of drug-likeness (QED) is 0.350. The summed E-state index contributed by atoms with van der Waals surface area (Å²) in [6.07, 6.45) is 1.50. The molecule has 2 aromatic carbocycles. The molecule has 2 aromatic rings. The van der Waals surface area contributed by atoms with E-state index in [-0.39, 0.29) is 16.9 Å². The fraction of sp³-hybridized carbons (Fsp3) is 0.190. The summed E-state index contributed by atoms with van der Waals surface area (Å²) in [6, 6.07) is 13.4. The number of hydrogen-bond donors (Lipinski definition) is 0. The van der Waals surface area contributed by atoms with E-state index in [2.05, 4.69) is 0 Å². The fourth-order valence-corrected chi connectivity index (χ4v) is 2.10. The number of nitrogens with zero attached hydrogens (tertiary/aromatic N) is 1. The minimum absolute atomic E-state index is 0.0635. The summed E-state index contributed by atoms with van der Waals surface area (Å²) in [5.41, 5.74) is 0.291. The number of carbonyl (C=O) groups is 2. The van der Waals surface area contributed by atoms with Gasteiger partial charge in [0, 0.05) is 5.41 Å². The van der Waals surface area contributed by atoms with E-state index in [9.17, 15) is 19.2 Å². The molecule has 4 nitrogen and oxygen atoms in total. The van der Waals surface area contributed by atoms with Gasteiger partial charge in [0.25, 0.3) is 0 Å². The van der Waals surface area contributed by atoms with Gasteiger partial charge in [-0.15, -0.1) is 0 Å². The molecule has 0 radical (unpaired) electrons. The first kappa shape index (κ1) is 19.1. The van der Waals surface area contributed by atoms with Crippen LogP contribution in [0.3, 0.4) is 0 Å². The summed E-state index contributed by atoms with van der Waals surface area (Å²) in [6.45, 7) is 5.25. The average Bonchev–Trinajstić information content (AvgIpc) is 2.60. The second kappa shape index (κ2) is 7.75. The molecule has 0 aliphatic heterocycles. The summed E-state index contributed by atoms with van der Waals surface area (Å²) in [5, 5.41) is 9.21. The van der Waals surface area contributed by atoms with Crippen molar-refractivity contribution in [2.24, 2.45) is 5.41 Å². The maximum atomic E-state index is 12.9. The van der Waals surface area contributed by atoms with E-state index in [1.54, 1.807) is 45.0 Å². The number of Topliss-reactive ketones (excluding diaryl/α,β-unsaturated/α-hetero) is 1. The van der Waals surface area contributed by atoms with Gasteiger partial charge in [0.1, 0.15) is 17.6 Å². The van der Waals surface area contributed by atoms with Gasteiger partial charge in [-0.1, -0.05) is 32.9 Å². The van der Waals surface area contributed by atoms with E-state index in [0.29, 0.717) is 11.3 Å². The summed E-state index contributed by atoms with van der Waals surface area (Å²) < 4.78 is 18.1.